The number of aryl methyl sites for hydroxylation is 1. The predicted molar refractivity (Wildman–Crippen MR) is 156 cm³/mol. The average molecular weight is 561 g/mol. The van der Waals surface area contributed by atoms with E-state index in [-0.39, 0.29) is 11.4 Å². The quantitative estimate of drug-likeness (QED) is 0.245. The van der Waals surface area contributed by atoms with E-state index in [1.807, 2.05) is 66.4 Å². The lowest BCUT2D eigenvalue weighted by molar-refractivity contribution is 0.294. The molecule has 1 saturated heterocycles. The fourth-order valence-corrected chi connectivity index (χ4v) is 5.56. The van der Waals surface area contributed by atoms with Gasteiger partial charge in [0, 0.05) is 50.4 Å². The van der Waals surface area contributed by atoms with E-state index in [0.29, 0.717) is 24.9 Å². The second-order valence-corrected chi connectivity index (χ2v) is 10.9. The topological polar surface area (TPSA) is 76.5 Å². The number of anilines is 1. The number of halogens is 1. The van der Waals surface area contributed by atoms with E-state index in [0.717, 1.165) is 59.3 Å². The van der Waals surface area contributed by atoms with Gasteiger partial charge in [0.15, 0.2) is 5.82 Å². The standard InChI is InChI=1S/C30H33FN6O2S/c1-21-33-29(27-16-24(17-32-28(27)31)18-36-12-14-40-15-13-36)35-30(34-21)37(19-22-4-8-25(38-2)9-5-22)20-23-6-10-26(39-3)11-7-23/h4-11,16-17H,12-15,18-20H2,1-3H3. The van der Waals surface area contributed by atoms with Gasteiger partial charge in [-0.25, -0.2) is 9.97 Å². The summed E-state index contributed by atoms with van der Waals surface area (Å²) in [5.41, 5.74) is 3.34. The van der Waals surface area contributed by atoms with Gasteiger partial charge in [-0.15, -0.1) is 0 Å². The van der Waals surface area contributed by atoms with Crippen molar-refractivity contribution in [1.29, 1.82) is 0 Å². The molecule has 5 rings (SSSR count). The molecule has 0 amide bonds. The molecule has 1 aliphatic rings. The van der Waals surface area contributed by atoms with E-state index in [1.165, 1.54) is 0 Å². The average Bonchev–Trinajstić information content (AvgIpc) is 2.99. The molecule has 208 valence electrons. The first-order valence-corrected chi connectivity index (χ1v) is 14.3. The summed E-state index contributed by atoms with van der Waals surface area (Å²) in [7, 11) is 3.30. The van der Waals surface area contributed by atoms with Crippen molar-refractivity contribution in [2.75, 3.05) is 43.7 Å². The van der Waals surface area contributed by atoms with Crippen LogP contribution in [0.25, 0.3) is 11.4 Å². The normalized spacial score (nSPS) is 13.7. The molecule has 0 atom stereocenters. The molecule has 1 fully saturated rings. The summed E-state index contributed by atoms with van der Waals surface area (Å²) in [4.78, 5) is 22.4. The summed E-state index contributed by atoms with van der Waals surface area (Å²) in [6.07, 6.45) is 1.61. The highest BCUT2D eigenvalue weighted by molar-refractivity contribution is 7.99. The molecule has 2 aromatic heterocycles. The lowest BCUT2D eigenvalue weighted by Crippen LogP contribution is -2.32. The SMILES string of the molecule is COc1ccc(CN(Cc2ccc(OC)cc2)c2nc(C)nc(-c3cc(CN4CCSCC4)cnc3F)n2)cc1. The molecule has 0 unspecified atom stereocenters. The summed E-state index contributed by atoms with van der Waals surface area (Å²) in [5.74, 6) is 4.44. The fraction of sp³-hybridized carbons (Fsp3) is 0.333. The van der Waals surface area contributed by atoms with Gasteiger partial charge in [-0.3, -0.25) is 4.90 Å². The van der Waals surface area contributed by atoms with Gasteiger partial charge in [0.1, 0.15) is 17.3 Å². The van der Waals surface area contributed by atoms with E-state index < -0.39 is 5.95 Å². The maximum atomic E-state index is 15.1. The zero-order chi connectivity index (χ0) is 27.9. The van der Waals surface area contributed by atoms with Gasteiger partial charge < -0.3 is 14.4 Å². The highest BCUT2D eigenvalue weighted by Gasteiger charge is 2.19. The van der Waals surface area contributed by atoms with Crippen LogP contribution >= 0.6 is 11.8 Å². The van der Waals surface area contributed by atoms with Crippen molar-refractivity contribution < 1.29 is 13.9 Å². The van der Waals surface area contributed by atoms with Crippen molar-refractivity contribution in [3.05, 3.63) is 89.3 Å². The molecular formula is C30H33FN6O2S. The number of benzene rings is 2. The number of thioether (sulfide) groups is 1. The maximum Gasteiger partial charge on any atom is 0.229 e. The zero-order valence-electron chi connectivity index (χ0n) is 23.0. The van der Waals surface area contributed by atoms with Gasteiger partial charge in [-0.2, -0.15) is 26.1 Å². The number of methoxy groups -OCH3 is 2. The van der Waals surface area contributed by atoms with Crippen molar-refractivity contribution in [3.8, 4) is 22.9 Å². The molecule has 0 aliphatic carbocycles. The number of rotatable bonds is 10. The smallest absolute Gasteiger partial charge is 0.229 e. The van der Waals surface area contributed by atoms with Gasteiger partial charge in [0.05, 0.1) is 19.8 Å². The van der Waals surface area contributed by atoms with Crippen molar-refractivity contribution >= 4 is 17.7 Å². The number of ether oxygens (including phenoxy) is 2. The maximum absolute atomic E-state index is 15.1. The van der Waals surface area contributed by atoms with Gasteiger partial charge in [0.2, 0.25) is 11.9 Å². The Morgan fingerprint density at radius 3 is 2.02 bits per heavy atom. The van der Waals surface area contributed by atoms with Crippen LogP contribution in [0, 0.1) is 12.9 Å². The van der Waals surface area contributed by atoms with Gasteiger partial charge in [0.25, 0.3) is 0 Å². The highest BCUT2D eigenvalue weighted by Crippen LogP contribution is 2.25. The van der Waals surface area contributed by atoms with Crippen LogP contribution in [0.3, 0.4) is 0 Å². The zero-order valence-corrected chi connectivity index (χ0v) is 23.8. The summed E-state index contributed by atoms with van der Waals surface area (Å²) < 4.78 is 25.7. The minimum Gasteiger partial charge on any atom is -0.497 e. The number of pyridine rings is 1. The molecule has 0 spiro atoms. The lowest BCUT2D eigenvalue weighted by Gasteiger charge is -2.26. The Morgan fingerprint density at radius 1 is 0.850 bits per heavy atom. The molecule has 2 aromatic carbocycles. The molecule has 4 aromatic rings. The van der Waals surface area contributed by atoms with Crippen molar-refractivity contribution in [2.24, 2.45) is 0 Å². The number of aromatic nitrogens is 4. The lowest BCUT2D eigenvalue weighted by atomic mass is 10.1. The van der Waals surface area contributed by atoms with Gasteiger partial charge in [-0.1, -0.05) is 24.3 Å². The third kappa shape index (κ3) is 7.05. The van der Waals surface area contributed by atoms with Crippen LogP contribution in [0.15, 0.2) is 60.8 Å². The van der Waals surface area contributed by atoms with E-state index >= 15 is 4.39 Å². The van der Waals surface area contributed by atoms with Crippen LogP contribution in [0.4, 0.5) is 10.3 Å². The van der Waals surface area contributed by atoms with E-state index in [4.69, 9.17) is 14.5 Å². The number of nitrogens with zero attached hydrogens (tertiary/aromatic N) is 6. The van der Waals surface area contributed by atoms with Crippen LogP contribution in [0.2, 0.25) is 0 Å². The molecule has 0 radical (unpaired) electrons. The Balaban J connectivity index is 1.47. The van der Waals surface area contributed by atoms with Crippen LogP contribution in [-0.2, 0) is 19.6 Å². The molecule has 1 aliphatic heterocycles. The Labute approximate surface area is 238 Å². The van der Waals surface area contributed by atoms with Crippen LogP contribution in [-0.4, -0.2) is 63.7 Å². The molecule has 0 bridgehead atoms. The summed E-state index contributed by atoms with van der Waals surface area (Å²) in [6.45, 7) is 5.61. The number of hydrogen-bond acceptors (Lipinski definition) is 9. The first-order valence-electron chi connectivity index (χ1n) is 13.2. The largest absolute Gasteiger partial charge is 0.497 e. The Bertz CT molecular complexity index is 1370. The highest BCUT2D eigenvalue weighted by atomic mass is 32.2. The third-order valence-corrected chi connectivity index (χ3v) is 7.67. The molecule has 8 nitrogen and oxygen atoms in total. The van der Waals surface area contributed by atoms with Crippen molar-refractivity contribution in [2.45, 2.75) is 26.6 Å². The molecule has 10 heteroatoms. The summed E-state index contributed by atoms with van der Waals surface area (Å²) in [6, 6.07) is 17.6. The molecule has 3 heterocycles. The Morgan fingerprint density at radius 2 is 1.45 bits per heavy atom. The summed E-state index contributed by atoms with van der Waals surface area (Å²) >= 11 is 1.96. The van der Waals surface area contributed by atoms with E-state index in [1.54, 1.807) is 27.3 Å². The van der Waals surface area contributed by atoms with Crippen LogP contribution in [0.1, 0.15) is 22.5 Å². The Kier molecular flexibility index (Phi) is 9.08. The monoisotopic (exact) mass is 560 g/mol. The van der Waals surface area contributed by atoms with E-state index in [2.05, 4.69) is 24.8 Å². The summed E-state index contributed by atoms with van der Waals surface area (Å²) in [5, 5.41) is 0. The Hall–Kier alpha value is -3.76. The minimum atomic E-state index is -0.591. The molecule has 0 N–H and O–H groups in total. The second kappa shape index (κ2) is 13.1. The van der Waals surface area contributed by atoms with Crippen molar-refractivity contribution in [3.63, 3.8) is 0 Å². The van der Waals surface area contributed by atoms with Crippen LogP contribution < -0.4 is 14.4 Å². The first kappa shape index (κ1) is 27.8. The van der Waals surface area contributed by atoms with Crippen LogP contribution in [0.5, 0.6) is 11.5 Å². The molecule has 0 saturated carbocycles. The van der Waals surface area contributed by atoms with E-state index in [9.17, 15) is 0 Å². The minimum absolute atomic E-state index is 0.276. The van der Waals surface area contributed by atoms with Crippen molar-refractivity contribution in [1.82, 2.24) is 24.8 Å². The van der Waals surface area contributed by atoms with Gasteiger partial charge in [-0.05, 0) is 53.9 Å². The predicted octanol–water partition coefficient (Wildman–Crippen LogP) is 5.15. The molecule has 40 heavy (non-hydrogen) atoms. The molecular weight excluding hydrogens is 527 g/mol. The number of hydrogen-bond donors (Lipinski definition) is 0. The third-order valence-electron chi connectivity index (χ3n) is 6.73. The second-order valence-electron chi connectivity index (χ2n) is 9.63. The fourth-order valence-electron chi connectivity index (χ4n) is 4.58. The van der Waals surface area contributed by atoms with Gasteiger partial charge >= 0.3 is 0 Å². The first-order chi connectivity index (χ1) is 19.5.